The molecule has 2 aromatic carbocycles. The number of thiocarbonyl (C=S) groups is 1. The van der Waals surface area contributed by atoms with Crippen molar-refractivity contribution in [1.29, 1.82) is 0 Å². The SMILES string of the molecule is Cc1ccc(N2C(=O)C(=Cc3ccccc3F)NC2=S)cc1Cl. The first-order valence-electron chi connectivity index (χ1n) is 6.85. The molecule has 1 aliphatic rings. The Morgan fingerprint density at radius 1 is 1.26 bits per heavy atom. The van der Waals surface area contributed by atoms with Crippen LogP contribution in [0.5, 0.6) is 0 Å². The topological polar surface area (TPSA) is 32.3 Å². The van der Waals surface area contributed by atoms with Crippen molar-refractivity contribution in [3.8, 4) is 0 Å². The van der Waals surface area contributed by atoms with Crippen LogP contribution in [0.1, 0.15) is 11.1 Å². The molecule has 0 spiro atoms. The number of aryl methyl sites for hydroxylation is 1. The van der Waals surface area contributed by atoms with Crippen LogP contribution in [0.25, 0.3) is 6.08 Å². The number of carbonyl (C=O) groups excluding carboxylic acids is 1. The zero-order valence-electron chi connectivity index (χ0n) is 12.1. The van der Waals surface area contributed by atoms with Gasteiger partial charge in [-0.3, -0.25) is 9.69 Å². The molecule has 3 nitrogen and oxygen atoms in total. The number of halogens is 2. The number of rotatable bonds is 2. The predicted octanol–water partition coefficient (Wildman–Crippen LogP) is 4.05. The normalized spacial score (nSPS) is 16.1. The number of hydrogen-bond acceptors (Lipinski definition) is 2. The van der Waals surface area contributed by atoms with Crippen LogP contribution >= 0.6 is 23.8 Å². The summed E-state index contributed by atoms with van der Waals surface area (Å²) in [7, 11) is 0. The summed E-state index contributed by atoms with van der Waals surface area (Å²) in [6.45, 7) is 1.87. The maximum Gasteiger partial charge on any atom is 0.281 e. The number of hydrogen-bond donors (Lipinski definition) is 1. The second kappa shape index (κ2) is 6.10. The lowest BCUT2D eigenvalue weighted by Crippen LogP contribution is -2.30. The monoisotopic (exact) mass is 346 g/mol. The lowest BCUT2D eigenvalue weighted by atomic mass is 10.1. The first-order valence-corrected chi connectivity index (χ1v) is 7.64. The van der Waals surface area contributed by atoms with Crippen molar-refractivity contribution in [3.05, 3.63) is 70.1 Å². The van der Waals surface area contributed by atoms with Gasteiger partial charge < -0.3 is 5.32 Å². The Morgan fingerprint density at radius 3 is 2.70 bits per heavy atom. The quantitative estimate of drug-likeness (QED) is 0.657. The summed E-state index contributed by atoms with van der Waals surface area (Å²) >= 11 is 11.3. The van der Waals surface area contributed by atoms with Gasteiger partial charge >= 0.3 is 0 Å². The third-order valence-electron chi connectivity index (χ3n) is 3.50. The molecule has 1 fully saturated rings. The van der Waals surface area contributed by atoms with E-state index in [1.165, 1.54) is 17.0 Å². The van der Waals surface area contributed by atoms with Gasteiger partial charge in [-0.15, -0.1) is 0 Å². The van der Waals surface area contributed by atoms with Crippen LogP contribution in [-0.4, -0.2) is 11.0 Å². The molecule has 1 saturated heterocycles. The summed E-state index contributed by atoms with van der Waals surface area (Å²) in [5.74, 6) is -0.754. The van der Waals surface area contributed by atoms with Gasteiger partial charge in [-0.1, -0.05) is 35.9 Å². The van der Waals surface area contributed by atoms with Crippen molar-refractivity contribution in [3.63, 3.8) is 0 Å². The highest BCUT2D eigenvalue weighted by Crippen LogP contribution is 2.27. The Balaban J connectivity index is 1.97. The van der Waals surface area contributed by atoms with E-state index in [1.807, 2.05) is 13.0 Å². The van der Waals surface area contributed by atoms with Gasteiger partial charge in [0.15, 0.2) is 5.11 Å². The Morgan fingerprint density at radius 2 is 2.00 bits per heavy atom. The Hall–Kier alpha value is -2.24. The van der Waals surface area contributed by atoms with Crippen LogP contribution in [0.4, 0.5) is 10.1 Å². The highest BCUT2D eigenvalue weighted by atomic mass is 35.5. The molecule has 1 heterocycles. The fourth-order valence-corrected chi connectivity index (χ4v) is 2.71. The van der Waals surface area contributed by atoms with E-state index in [-0.39, 0.29) is 16.7 Å². The van der Waals surface area contributed by atoms with E-state index in [2.05, 4.69) is 5.32 Å². The van der Waals surface area contributed by atoms with Gasteiger partial charge in [0.05, 0.1) is 5.69 Å². The van der Waals surface area contributed by atoms with E-state index >= 15 is 0 Å². The minimum absolute atomic E-state index is 0.219. The zero-order chi connectivity index (χ0) is 16.6. The van der Waals surface area contributed by atoms with Crippen LogP contribution in [0.3, 0.4) is 0 Å². The summed E-state index contributed by atoms with van der Waals surface area (Å²) in [6, 6.07) is 11.5. The fourth-order valence-electron chi connectivity index (χ4n) is 2.24. The van der Waals surface area contributed by atoms with Crippen molar-refractivity contribution in [1.82, 2.24) is 5.32 Å². The van der Waals surface area contributed by atoms with Crippen molar-refractivity contribution in [2.75, 3.05) is 4.90 Å². The van der Waals surface area contributed by atoms with Crippen LogP contribution in [-0.2, 0) is 4.79 Å². The van der Waals surface area contributed by atoms with Gasteiger partial charge in [0.25, 0.3) is 5.91 Å². The van der Waals surface area contributed by atoms with Crippen molar-refractivity contribution >= 4 is 46.6 Å². The minimum atomic E-state index is -0.405. The summed E-state index contributed by atoms with van der Waals surface area (Å²) in [5.41, 5.74) is 2.01. The molecular weight excluding hydrogens is 335 g/mol. The molecule has 23 heavy (non-hydrogen) atoms. The summed E-state index contributed by atoms with van der Waals surface area (Å²) in [6.07, 6.45) is 1.44. The van der Waals surface area contributed by atoms with Crippen molar-refractivity contribution < 1.29 is 9.18 Å². The van der Waals surface area contributed by atoms with Gasteiger partial charge in [0.2, 0.25) is 0 Å². The lowest BCUT2D eigenvalue weighted by molar-refractivity contribution is -0.113. The van der Waals surface area contributed by atoms with Gasteiger partial charge in [-0.05, 0) is 49.0 Å². The van der Waals surface area contributed by atoms with Gasteiger partial charge in [-0.25, -0.2) is 4.39 Å². The molecular formula is C17H12ClFN2OS. The van der Waals surface area contributed by atoms with Crippen molar-refractivity contribution in [2.45, 2.75) is 6.92 Å². The van der Waals surface area contributed by atoms with E-state index in [1.54, 1.807) is 30.3 Å². The molecule has 1 aliphatic heterocycles. The number of amides is 1. The molecule has 0 radical (unpaired) electrons. The van der Waals surface area contributed by atoms with Gasteiger partial charge in [-0.2, -0.15) is 0 Å². The highest BCUT2D eigenvalue weighted by molar-refractivity contribution is 7.80. The van der Waals surface area contributed by atoms with E-state index in [0.29, 0.717) is 16.3 Å². The van der Waals surface area contributed by atoms with Crippen molar-refractivity contribution in [2.24, 2.45) is 0 Å². The van der Waals surface area contributed by atoms with E-state index in [0.717, 1.165) is 5.56 Å². The van der Waals surface area contributed by atoms with Gasteiger partial charge in [0.1, 0.15) is 11.5 Å². The second-order valence-corrected chi connectivity index (χ2v) is 5.88. The molecule has 3 rings (SSSR count). The first kappa shape index (κ1) is 15.6. The second-order valence-electron chi connectivity index (χ2n) is 5.08. The summed E-state index contributed by atoms with van der Waals surface area (Å²) < 4.78 is 13.7. The van der Waals surface area contributed by atoms with Crippen LogP contribution in [0, 0.1) is 12.7 Å². The van der Waals surface area contributed by atoms with E-state index in [9.17, 15) is 9.18 Å². The predicted molar refractivity (Wildman–Crippen MR) is 93.8 cm³/mol. The molecule has 1 amide bonds. The number of anilines is 1. The maximum atomic E-state index is 13.7. The molecule has 0 saturated carbocycles. The number of nitrogens with zero attached hydrogens (tertiary/aromatic N) is 1. The smallest absolute Gasteiger partial charge is 0.281 e. The molecule has 1 N–H and O–H groups in total. The molecule has 0 aromatic heterocycles. The highest BCUT2D eigenvalue weighted by Gasteiger charge is 2.32. The van der Waals surface area contributed by atoms with Crippen LogP contribution in [0.2, 0.25) is 5.02 Å². The molecule has 0 unspecified atom stereocenters. The van der Waals surface area contributed by atoms with E-state index in [4.69, 9.17) is 23.8 Å². The average Bonchev–Trinajstić information content (AvgIpc) is 2.79. The third-order valence-corrected chi connectivity index (χ3v) is 4.19. The maximum absolute atomic E-state index is 13.7. The van der Waals surface area contributed by atoms with Gasteiger partial charge in [0, 0.05) is 10.6 Å². The average molecular weight is 347 g/mol. The van der Waals surface area contributed by atoms with Crippen LogP contribution < -0.4 is 10.2 Å². The minimum Gasteiger partial charge on any atom is -0.327 e. The summed E-state index contributed by atoms with van der Waals surface area (Å²) in [4.78, 5) is 13.9. The number of carbonyl (C=O) groups is 1. The number of nitrogens with one attached hydrogen (secondary N) is 1. The lowest BCUT2D eigenvalue weighted by Gasteiger charge is -2.14. The summed E-state index contributed by atoms with van der Waals surface area (Å²) in [5, 5.41) is 3.60. The Kier molecular flexibility index (Phi) is 4.15. The largest absolute Gasteiger partial charge is 0.327 e. The molecule has 0 aliphatic carbocycles. The zero-order valence-corrected chi connectivity index (χ0v) is 13.7. The molecule has 6 heteroatoms. The number of benzene rings is 2. The van der Waals surface area contributed by atoms with Crippen LogP contribution in [0.15, 0.2) is 48.2 Å². The Labute approximate surface area is 143 Å². The standard InChI is InChI=1S/C17H12ClFN2OS/c1-10-6-7-12(9-13(10)18)21-16(22)15(20-17(21)23)8-11-4-2-3-5-14(11)19/h2-9H,1H3,(H,20,23). The molecule has 0 atom stereocenters. The molecule has 2 aromatic rings. The van der Waals surface area contributed by atoms with E-state index < -0.39 is 5.82 Å². The first-order chi connectivity index (χ1) is 11.0. The molecule has 0 bridgehead atoms. The third kappa shape index (κ3) is 2.98. The molecule has 116 valence electrons. The fraction of sp³-hybridized carbons (Fsp3) is 0.0588. The Bertz CT molecular complexity index is 850.